The van der Waals surface area contributed by atoms with Gasteiger partial charge in [0.1, 0.15) is 5.75 Å². The Labute approximate surface area is 140 Å². The summed E-state index contributed by atoms with van der Waals surface area (Å²) in [5.41, 5.74) is 3.48. The van der Waals surface area contributed by atoms with Crippen molar-refractivity contribution in [1.29, 1.82) is 0 Å². The SMILES string of the molecule is Cc1cc(CS(=O)(=O)NCc2ccc(-n3cccn3)cc2C)on1. The summed E-state index contributed by atoms with van der Waals surface area (Å²) in [5, 5.41) is 7.87. The molecule has 24 heavy (non-hydrogen) atoms. The third-order valence-corrected chi connectivity index (χ3v) is 4.84. The summed E-state index contributed by atoms with van der Waals surface area (Å²) in [6.45, 7) is 3.91. The normalized spacial score (nSPS) is 11.8. The standard InChI is InChI=1S/C16H18N4O3S/c1-12-8-15(20-7-3-6-17-20)5-4-14(12)10-18-24(21,22)11-16-9-13(2)19-23-16/h3-9,18H,10-11H2,1-2H3. The van der Waals surface area contributed by atoms with Crippen LogP contribution in [0.15, 0.2) is 47.2 Å². The fourth-order valence-electron chi connectivity index (χ4n) is 2.35. The van der Waals surface area contributed by atoms with E-state index in [1.54, 1.807) is 23.9 Å². The minimum absolute atomic E-state index is 0.223. The van der Waals surface area contributed by atoms with Gasteiger partial charge in [-0.1, -0.05) is 11.2 Å². The summed E-state index contributed by atoms with van der Waals surface area (Å²) in [6, 6.07) is 9.24. The van der Waals surface area contributed by atoms with E-state index in [2.05, 4.69) is 15.0 Å². The van der Waals surface area contributed by atoms with Crippen LogP contribution in [-0.2, 0) is 22.3 Å². The molecule has 0 aliphatic carbocycles. The molecule has 1 N–H and O–H groups in total. The van der Waals surface area contributed by atoms with Crippen LogP contribution in [-0.4, -0.2) is 23.4 Å². The molecule has 0 radical (unpaired) electrons. The second-order valence-electron chi connectivity index (χ2n) is 5.58. The van der Waals surface area contributed by atoms with Crippen LogP contribution in [0.5, 0.6) is 0 Å². The first-order chi connectivity index (χ1) is 11.4. The van der Waals surface area contributed by atoms with Crippen molar-refractivity contribution < 1.29 is 12.9 Å². The van der Waals surface area contributed by atoms with Gasteiger partial charge in [-0.3, -0.25) is 0 Å². The quantitative estimate of drug-likeness (QED) is 0.738. The molecule has 2 aromatic heterocycles. The summed E-state index contributed by atoms with van der Waals surface area (Å²) in [7, 11) is -3.49. The number of aromatic nitrogens is 3. The second kappa shape index (κ2) is 6.58. The third kappa shape index (κ3) is 3.90. The van der Waals surface area contributed by atoms with Gasteiger partial charge in [-0.25, -0.2) is 17.8 Å². The molecular formula is C16H18N4O3S. The Morgan fingerprint density at radius 1 is 1.25 bits per heavy atom. The topological polar surface area (TPSA) is 90.0 Å². The van der Waals surface area contributed by atoms with Crippen LogP contribution in [0.3, 0.4) is 0 Å². The molecule has 7 nitrogen and oxygen atoms in total. The lowest BCUT2D eigenvalue weighted by Crippen LogP contribution is -2.25. The van der Waals surface area contributed by atoms with Crippen LogP contribution in [0.25, 0.3) is 5.69 Å². The summed E-state index contributed by atoms with van der Waals surface area (Å²) in [5.74, 6) is 0.101. The van der Waals surface area contributed by atoms with E-state index in [-0.39, 0.29) is 12.3 Å². The van der Waals surface area contributed by atoms with E-state index in [0.29, 0.717) is 11.5 Å². The van der Waals surface area contributed by atoms with Gasteiger partial charge in [-0.2, -0.15) is 5.10 Å². The molecule has 126 valence electrons. The number of sulfonamides is 1. The molecule has 3 aromatic rings. The molecule has 0 bridgehead atoms. The van der Waals surface area contributed by atoms with Crippen molar-refractivity contribution >= 4 is 10.0 Å². The van der Waals surface area contributed by atoms with Crippen molar-refractivity contribution in [3.05, 3.63) is 65.3 Å². The first kappa shape index (κ1) is 16.4. The minimum Gasteiger partial charge on any atom is -0.360 e. The van der Waals surface area contributed by atoms with E-state index >= 15 is 0 Å². The van der Waals surface area contributed by atoms with Gasteiger partial charge in [0, 0.05) is 25.0 Å². The molecule has 0 unspecified atom stereocenters. The van der Waals surface area contributed by atoms with Gasteiger partial charge in [-0.15, -0.1) is 0 Å². The van der Waals surface area contributed by atoms with Crippen LogP contribution in [0.4, 0.5) is 0 Å². The Bertz CT molecular complexity index is 930. The van der Waals surface area contributed by atoms with Crippen LogP contribution < -0.4 is 4.72 Å². The smallest absolute Gasteiger partial charge is 0.219 e. The van der Waals surface area contributed by atoms with Crippen molar-refractivity contribution in [2.24, 2.45) is 0 Å². The molecule has 2 heterocycles. The van der Waals surface area contributed by atoms with Crippen LogP contribution in [0.1, 0.15) is 22.6 Å². The van der Waals surface area contributed by atoms with E-state index in [0.717, 1.165) is 16.8 Å². The van der Waals surface area contributed by atoms with Crippen molar-refractivity contribution in [3.8, 4) is 5.69 Å². The van der Waals surface area contributed by atoms with Crippen molar-refractivity contribution in [3.63, 3.8) is 0 Å². The zero-order valence-electron chi connectivity index (χ0n) is 13.4. The van der Waals surface area contributed by atoms with Crippen molar-refractivity contribution in [1.82, 2.24) is 19.7 Å². The van der Waals surface area contributed by atoms with Crippen LogP contribution >= 0.6 is 0 Å². The molecule has 0 saturated carbocycles. The lowest BCUT2D eigenvalue weighted by molar-refractivity contribution is 0.388. The Morgan fingerprint density at radius 2 is 2.08 bits per heavy atom. The fourth-order valence-corrected chi connectivity index (χ4v) is 3.34. The highest BCUT2D eigenvalue weighted by molar-refractivity contribution is 7.88. The summed E-state index contributed by atoms with van der Waals surface area (Å²) in [4.78, 5) is 0. The van der Waals surface area contributed by atoms with E-state index in [1.807, 2.05) is 37.4 Å². The highest BCUT2D eigenvalue weighted by Gasteiger charge is 2.15. The number of nitrogens with zero attached hydrogens (tertiary/aromatic N) is 3. The summed E-state index contributed by atoms with van der Waals surface area (Å²) in [6.07, 6.45) is 3.57. The molecule has 8 heteroatoms. The molecule has 0 fully saturated rings. The average molecular weight is 346 g/mol. The number of benzene rings is 1. The largest absolute Gasteiger partial charge is 0.360 e. The molecule has 0 aliphatic rings. The maximum atomic E-state index is 12.1. The third-order valence-electron chi connectivity index (χ3n) is 3.59. The van der Waals surface area contributed by atoms with Gasteiger partial charge < -0.3 is 4.52 Å². The Balaban J connectivity index is 1.67. The zero-order chi connectivity index (χ0) is 17.2. The maximum Gasteiger partial charge on any atom is 0.219 e. The molecule has 0 aliphatic heterocycles. The molecule has 1 aromatic carbocycles. The molecule has 0 spiro atoms. The molecular weight excluding hydrogens is 328 g/mol. The first-order valence-electron chi connectivity index (χ1n) is 7.42. The number of hydrogen-bond acceptors (Lipinski definition) is 5. The lowest BCUT2D eigenvalue weighted by Gasteiger charge is -2.10. The monoisotopic (exact) mass is 346 g/mol. The number of nitrogens with one attached hydrogen (secondary N) is 1. The number of aryl methyl sites for hydroxylation is 2. The second-order valence-corrected chi connectivity index (χ2v) is 7.38. The van der Waals surface area contributed by atoms with Crippen LogP contribution in [0, 0.1) is 13.8 Å². The number of hydrogen-bond donors (Lipinski definition) is 1. The molecule has 0 amide bonds. The zero-order valence-corrected chi connectivity index (χ0v) is 14.2. The van der Waals surface area contributed by atoms with E-state index < -0.39 is 10.0 Å². The van der Waals surface area contributed by atoms with Crippen molar-refractivity contribution in [2.45, 2.75) is 26.1 Å². The maximum absolute atomic E-state index is 12.1. The summed E-state index contributed by atoms with van der Waals surface area (Å²) >= 11 is 0. The Hall–Kier alpha value is -2.45. The number of rotatable bonds is 6. The lowest BCUT2D eigenvalue weighted by atomic mass is 10.1. The Morgan fingerprint density at radius 3 is 2.71 bits per heavy atom. The van der Waals surface area contributed by atoms with Crippen LogP contribution in [0.2, 0.25) is 0 Å². The van der Waals surface area contributed by atoms with E-state index in [9.17, 15) is 8.42 Å². The minimum atomic E-state index is -3.49. The highest BCUT2D eigenvalue weighted by Crippen LogP contribution is 2.15. The van der Waals surface area contributed by atoms with Gasteiger partial charge >= 0.3 is 0 Å². The first-order valence-corrected chi connectivity index (χ1v) is 9.07. The summed E-state index contributed by atoms with van der Waals surface area (Å²) < 4.78 is 33.6. The average Bonchev–Trinajstić information content (AvgIpc) is 3.17. The van der Waals surface area contributed by atoms with Crippen molar-refractivity contribution in [2.75, 3.05) is 0 Å². The van der Waals surface area contributed by atoms with Gasteiger partial charge in [0.05, 0.1) is 11.4 Å². The molecule has 0 atom stereocenters. The van der Waals surface area contributed by atoms with E-state index in [4.69, 9.17) is 4.52 Å². The fraction of sp³-hybridized carbons (Fsp3) is 0.250. The predicted octanol–water partition coefficient (Wildman–Crippen LogP) is 2.10. The van der Waals surface area contributed by atoms with Gasteiger partial charge in [0.2, 0.25) is 10.0 Å². The van der Waals surface area contributed by atoms with Gasteiger partial charge in [-0.05, 0) is 43.2 Å². The highest BCUT2D eigenvalue weighted by atomic mass is 32.2. The molecule has 0 saturated heterocycles. The Kier molecular flexibility index (Phi) is 4.50. The predicted molar refractivity (Wildman–Crippen MR) is 89.0 cm³/mol. The van der Waals surface area contributed by atoms with E-state index in [1.165, 1.54) is 0 Å². The van der Waals surface area contributed by atoms with Gasteiger partial charge in [0.15, 0.2) is 5.76 Å². The molecule has 3 rings (SSSR count). The van der Waals surface area contributed by atoms with Gasteiger partial charge in [0.25, 0.3) is 0 Å².